The smallest absolute Gasteiger partial charge is 0.108 e. The van der Waals surface area contributed by atoms with Crippen molar-refractivity contribution in [2.45, 2.75) is 25.4 Å². The van der Waals surface area contributed by atoms with Gasteiger partial charge in [0.15, 0.2) is 0 Å². The maximum atomic E-state index is 4.75. The first-order chi connectivity index (χ1) is 9.38. The summed E-state index contributed by atoms with van der Waals surface area (Å²) >= 11 is 1.85. The van der Waals surface area contributed by atoms with Gasteiger partial charge in [0, 0.05) is 19.1 Å². The van der Waals surface area contributed by atoms with E-state index in [4.69, 9.17) is 4.98 Å². The monoisotopic (exact) mass is 273 g/mol. The maximum Gasteiger partial charge on any atom is 0.108 e. The second-order valence-electron chi connectivity index (χ2n) is 5.71. The van der Waals surface area contributed by atoms with Crippen LogP contribution in [0.15, 0.2) is 24.3 Å². The number of nitrogens with zero attached hydrogens (tertiary/aromatic N) is 2. The number of fused-ring (bicyclic) bond motifs is 2. The summed E-state index contributed by atoms with van der Waals surface area (Å²) < 4.78 is 1.31. The second-order valence-corrected chi connectivity index (χ2v) is 6.82. The molecule has 100 valence electrons. The van der Waals surface area contributed by atoms with Crippen molar-refractivity contribution in [2.24, 2.45) is 5.92 Å². The van der Waals surface area contributed by atoms with Gasteiger partial charge in [-0.3, -0.25) is 4.90 Å². The van der Waals surface area contributed by atoms with Gasteiger partial charge in [-0.25, -0.2) is 4.98 Å². The molecule has 2 fully saturated rings. The van der Waals surface area contributed by atoms with Crippen LogP contribution in [0.1, 0.15) is 17.8 Å². The van der Waals surface area contributed by atoms with Crippen LogP contribution in [-0.4, -0.2) is 35.6 Å². The fourth-order valence-electron chi connectivity index (χ4n) is 3.45. The number of nitrogens with one attached hydrogen (secondary N) is 1. The Morgan fingerprint density at radius 3 is 3.21 bits per heavy atom. The summed E-state index contributed by atoms with van der Waals surface area (Å²) in [6, 6.07) is 9.24. The summed E-state index contributed by atoms with van der Waals surface area (Å²) in [5.41, 5.74) is 1.15. The first kappa shape index (κ1) is 11.8. The van der Waals surface area contributed by atoms with E-state index in [2.05, 4.69) is 34.5 Å². The zero-order chi connectivity index (χ0) is 12.7. The molecule has 2 aliphatic heterocycles. The molecular weight excluding hydrogens is 254 g/mol. The van der Waals surface area contributed by atoms with Gasteiger partial charge in [0.1, 0.15) is 5.01 Å². The van der Waals surface area contributed by atoms with Gasteiger partial charge >= 0.3 is 0 Å². The van der Waals surface area contributed by atoms with Crippen LogP contribution in [0.2, 0.25) is 0 Å². The first-order valence-electron chi connectivity index (χ1n) is 7.19. The van der Waals surface area contributed by atoms with Crippen LogP contribution in [0.5, 0.6) is 0 Å². The molecule has 3 heterocycles. The molecule has 1 N–H and O–H groups in total. The third kappa shape index (κ3) is 2.29. The van der Waals surface area contributed by atoms with Gasteiger partial charge in [0.05, 0.1) is 16.8 Å². The van der Waals surface area contributed by atoms with E-state index < -0.39 is 0 Å². The molecule has 2 unspecified atom stereocenters. The highest BCUT2D eigenvalue weighted by atomic mass is 32.1. The minimum Gasteiger partial charge on any atom is -0.314 e. The van der Waals surface area contributed by atoms with E-state index in [-0.39, 0.29) is 0 Å². The molecule has 0 bridgehead atoms. The summed E-state index contributed by atoms with van der Waals surface area (Å²) in [5.74, 6) is 0.864. The summed E-state index contributed by atoms with van der Waals surface area (Å²) in [6.07, 6.45) is 2.65. The zero-order valence-electron chi connectivity index (χ0n) is 11.0. The van der Waals surface area contributed by atoms with Gasteiger partial charge in [0.25, 0.3) is 0 Å². The van der Waals surface area contributed by atoms with E-state index in [1.807, 2.05) is 11.3 Å². The van der Waals surface area contributed by atoms with E-state index in [0.717, 1.165) is 24.0 Å². The summed E-state index contributed by atoms with van der Waals surface area (Å²) in [4.78, 5) is 7.34. The Kier molecular flexibility index (Phi) is 3.02. The lowest BCUT2D eigenvalue weighted by Crippen LogP contribution is -2.43. The second kappa shape index (κ2) is 4.85. The summed E-state index contributed by atoms with van der Waals surface area (Å²) in [5, 5.41) is 4.89. The van der Waals surface area contributed by atoms with E-state index in [0.29, 0.717) is 0 Å². The highest BCUT2D eigenvalue weighted by molar-refractivity contribution is 7.18. The van der Waals surface area contributed by atoms with Crippen molar-refractivity contribution in [2.75, 3.05) is 19.6 Å². The molecule has 0 aliphatic carbocycles. The van der Waals surface area contributed by atoms with E-state index in [9.17, 15) is 0 Å². The molecule has 0 saturated carbocycles. The van der Waals surface area contributed by atoms with Crippen molar-refractivity contribution >= 4 is 21.6 Å². The van der Waals surface area contributed by atoms with Crippen LogP contribution in [-0.2, 0) is 6.54 Å². The lowest BCUT2D eigenvalue weighted by atomic mass is 9.93. The van der Waals surface area contributed by atoms with Crippen LogP contribution in [0.25, 0.3) is 10.2 Å². The topological polar surface area (TPSA) is 28.2 Å². The lowest BCUT2D eigenvalue weighted by Gasteiger charge is -2.34. The van der Waals surface area contributed by atoms with Crippen LogP contribution < -0.4 is 5.32 Å². The number of para-hydroxylation sites is 1. The predicted molar refractivity (Wildman–Crippen MR) is 79.4 cm³/mol. The number of hydrogen-bond acceptors (Lipinski definition) is 4. The van der Waals surface area contributed by atoms with Crippen molar-refractivity contribution in [1.82, 2.24) is 15.2 Å². The van der Waals surface area contributed by atoms with Gasteiger partial charge < -0.3 is 5.32 Å². The number of benzene rings is 1. The number of likely N-dealkylation sites (tertiary alicyclic amines) is 1. The normalized spacial score (nSPS) is 27.8. The number of piperidine rings is 1. The minimum atomic E-state index is 0.784. The highest BCUT2D eigenvalue weighted by Gasteiger charge is 2.32. The fourth-order valence-corrected chi connectivity index (χ4v) is 4.46. The molecule has 1 aromatic heterocycles. The Labute approximate surface area is 117 Å². The van der Waals surface area contributed by atoms with E-state index >= 15 is 0 Å². The van der Waals surface area contributed by atoms with Gasteiger partial charge in [-0.2, -0.15) is 0 Å². The van der Waals surface area contributed by atoms with Crippen molar-refractivity contribution < 1.29 is 0 Å². The number of hydrogen-bond donors (Lipinski definition) is 1. The summed E-state index contributed by atoms with van der Waals surface area (Å²) in [6.45, 7) is 4.70. The van der Waals surface area contributed by atoms with E-state index in [1.165, 1.54) is 42.2 Å². The molecule has 2 aliphatic rings. The third-order valence-electron chi connectivity index (χ3n) is 4.44. The van der Waals surface area contributed by atoms with Gasteiger partial charge in [-0.15, -0.1) is 11.3 Å². The van der Waals surface area contributed by atoms with Gasteiger partial charge in [-0.1, -0.05) is 12.1 Å². The average Bonchev–Trinajstić information content (AvgIpc) is 3.03. The van der Waals surface area contributed by atoms with E-state index in [1.54, 1.807) is 0 Å². The molecule has 3 nitrogen and oxygen atoms in total. The number of thiazole rings is 1. The van der Waals surface area contributed by atoms with Gasteiger partial charge in [-0.05, 0) is 37.4 Å². The molecule has 0 amide bonds. The SMILES string of the molecule is c1ccc2sc(CN3CCC4NCCC4C3)nc2c1. The molecular formula is C15H19N3S. The molecule has 2 saturated heterocycles. The Morgan fingerprint density at radius 1 is 1.32 bits per heavy atom. The van der Waals surface area contributed by atoms with Crippen molar-refractivity contribution in [1.29, 1.82) is 0 Å². The number of aromatic nitrogens is 1. The molecule has 19 heavy (non-hydrogen) atoms. The zero-order valence-corrected chi connectivity index (χ0v) is 11.8. The Morgan fingerprint density at radius 2 is 2.26 bits per heavy atom. The molecule has 4 heteroatoms. The highest BCUT2D eigenvalue weighted by Crippen LogP contribution is 2.27. The van der Waals surface area contributed by atoms with Gasteiger partial charge in [0.2, 0.25) is 0 Å². The largest absolute Gasteiger partial charge is 0.314 e. The Hall–Kier alpha value is -0.970. The lowest BCUT2D eigenvalue weighted by molar-refractivity contribution is 0.156. The van der Waals surface area contributed by atoms with Crippen molar-refractivity contribution in [3.05, 3.63) is 29.3 Å². The minimum absolute atomic E-state index is 0.784. The quantitative estimate of drug-likeness (QED) is 0.911. The first-order valence-corrected chi connectivity index (χ1v) is 8.00. The van der Waals surface area contributed by atoms with Crippen LogP contribution in [0.3, 0.4) is 0 Å². The average molecular weight is 273 g/mol. The van der Waals surface area contributed by atoms with Crippen LogP contribution >= 0.6 is 11.3 Å². The molecule has 1 aromatic carbocycles. The van der Waals surface area contributed by atoms with Crippen LogP contribution in [0, 0.1) is 5.92 Å². The summed E-state index contributed by atoms with van der Waals surface area (Å²) in [7, 11) is 0. The Bertz CT molecular complexity index is 547. The maximum absolute atomic E-state index is 4.75. The Balaban J connectivity index is 1.48. The third-order valence-corrected chi connectivity index (χ3v) is 5.46. The molecule has 0 spiro atoms. The van der Waals surface area contributed by atoms with Crippen molar-refractivity contribution in [3.63, 3.8) is 0 Å². The molecule has 4 rings (SSSR count). The standard InChI is InChI=1S/C15H19N3S/c1-2-4-14-13(3-1)17-15(19-14)10-18-8-6-12-11(9-18)5-7-16-12/h1-4,11-12,16H,5-10H2. The van der Waals surface area contributed by atoms with Crippen LogP contribution in [0.4, 0.5) is 0 Å². The molecule has 0 radical (unpaired) electrons. The molecule has 2 atom stereocenters. The fraction of sp³-hybridized carbons (Fsp3) is 0.533. The predicted octanol–water partition coefficient (Wildman–Crippen LogP) is 2.48. The van der Waals surface area contributed by atoms with Crippen molar-refractivity contribution in [3.8, 4) is 0 Å². The number of rotatable bonds is 2. The molecule has 2 aromatic rings.